The third-order valence-electron chi connectivity index (χ3n) is 4.77. The second-order valence-electron chi connectivity index (χ2n) is 7.67. The van der Waals surface area contributed by atoms with Crippen LogP contribution in [0.15, 0.2) is 18.3 Å². The van der Waals surface area contributed by atoms with Gasteiger partial charge in [-0.25, -0.2) is 9.78 Å². The fourth-order valence-electron chi connectivity index (χ4n) is 3.87. The van der Waals surface area contributed by atoms with E-state index >= 15 is 0 Å². The van der Waals surface area contributed by atoms with E-state index in [2.05, 4.69) is 10.3 Å². The summed E-state index contributed by atoms with van der Waals surface area (Å²) in [5.74, 6) is 1.69. The van der Waals surface area contributed by atoms with Gasteiger partial charge in [-0.05, 0) is 64.0 Å². The number of hydrogen-bond acceptors (Lipinski definition) is 4. The third-order valence-corrected chi connectivity index (χ3v) is 4.77. The van der Waals surface area contributed by atoms with Gasteiger partial charge in [0.05, 0.1) is 5.56 Å². The molecule has 0 radical (unpaired) electrons. The standard InChI is InChI=1S/C18H24N2O3/c1-18(2,3)23-17(22)20-16-13(5-4-8-19-16)15(21)14-10-11-6-7-12(14)9-11/h4-5,8,11-12,14H,6-7,9-10H2,1-3H3,(H,19,20,22). The van der Waals surface area contributed by atoms with Crippen LogP contribution in [0.3, 0.4) is 0 Å². The summed E-state index contributed by atoms with van der Waals surface area (Å²) in [6, 6.07) is 3.48. The molecule has 23 heavy (non-hydrogen) atoms. The van der Waals surface area contributed by atoms with Crippen LogP contribution in [0.25, 0.3) is 0 Å². The summed E-state index contributed by atoms with van der Waals surface area (Å²) < 4.78 is 5.25. The Bertz CT molecular complexity index is 621. The second-order valence-corrected chi connectivity index (χ2v) is 7.67. The molecule has 5 heteroatoms. The van der Waals surface area contributed by atoms with E-state index in [1.165, 1.54) is 12.8 Å². The van der Waals surface area contributed by atoms with Gasteiger partial charge in [-0.3, -0.25) is 10.1 Å². The van der Waals surface area contributed by atoms with Crippen molar-refractivity contribution in [2.24, 2.45) is 17.8 Å². The lowest BCUT2D eigenvalue weighted by Crippen LogP contribution is -2.29. The van der Waals surface area contributed by atoms with Gasteiger partial charge in [0.1, 0.15) is 11.4 Å². The number of carbonyl (C=O) groups is 2. The Morgan fingerprint density at radius 3 is 2.65 bits per heavy atom. The van der Waals surface area contributed by atoms with Crippen molar-refractivity contribution in [3.05, 3.63) is 23.9 Å². The molecule has 3 unspecified atom stereocenters. The summed E-state index contributed by atoms with van der Waals surface area (Å²) in [5.41, 5.74) is -0.0934. The van der Waals surface area contributed by atoms with Crippen LogP contribution >= 0.6 is 0 Å². The van der Waals surface area contributed by atoms with Crippen molar-refractivity contribution in [3.8, 4) is 0 Å². The molecule has 0 aliphatic heterocycles. The molecular formula is C18H24N2O3. The molecule has 1 N–H and O–H groups in total. The van der Waals surface area contributed by atoms with E-state index in [-0.39, 0.29) is 11.7 Å². The van der Waals surface area contributed by atoms with Crippen molar-refractivity contribution >= 4 is 17.7 Å². The van der Waals surface area contributed by atoms with E-state index in [1.54, 1.807) is 39.1 Å². The van der Waals surface area contributed by atoms with Crippen molar-refractivity contribution in [1.29, 1.82) is 0 Å². The SMILES string of the molecule is CC(C)(C)OC(=O)Nc1ncccc1C(=O)C1CC2CCC1C2. The molecule has 2 saturated carbocycles. The molecule has 0 spiro atoms. The van der Waals surface area contributed by atoms with Crippen LogP contribution in [0.2, 0.25) is 0 Å². The number of fused-ring (bicyclic) bond motifs is 2. The molecule has 0 aromatic carbocycles. The maximum Gasteiger partial charge on any atom is 0.413 e. The molecule has 5 nitrogen and oxygen atoms in total. The van der Waals surface area contributed by atoms with Crippen molar-refractivity contribution in [1.82, 2.24) is 4.98 Å². The van der Waals surface area contributed by atoms with E-state index in [0.717, 1.165) is 12.8 Å². The average Bonchev–Trinajstić information content (AvgIpc) is 3.07. The van der Waals surface area contributed by atoms with E-state index < -0.39 is 11.7 Å². The number of nitrogens with zero attached hydrogens (tertiary/aromatic N) is 1. The van der Waals surface area contributed by atoms with E-state index in [4.69, 9.17) is 4.74 Å². The van der Waals surface area contributed by atoms with Gasteiger partial charge in [0.15, 0.2) is 5.78 Å². The van der Waals surface area contributed by atoms with Crippen LogP contribution < -0.4 is 5.32 Å². The molecule has 2 fully saturated rings. The monoisotopic (exact) mass is 316 g/mol. The molecule has 1 aromatic rings. The van der Waals surface area contributed by atoms with Crippen LogP contribution in [0.1, 0.15) is 56.8 Å². The molecule has 1 amide bonds. The van der Waals surface area contributed by atoms with Gasteiger partial charge < -0.3 is 4.74 Å². The smallest absolute Gasteiger partial charge is 0.413 e. The number of ketones is 1. The lowest BCUT2D eigenvalue weighted by molar-refractivity contribution is 0.0635. The number of anilines is 1. The number of pyridine rings is 1. The Balaban J connectivity index is 1.75. The number of hydrogen-bond donors (Lipinski definition) is 1. The highest BCUT2D eigenvalue weighted by molar-refractivity contribution is 6.04. The molecular weight excluding hydrogens is 292 g/mol. The van der Waals surface area contributed by atoms with Gasteiger partial charge in [-0.15, -0.1) is 0 Å². The Labute approximate surface area is 136 Å². The van der Waals surface area contributed by atoms with Gasteiger partial charge in [0.25, 0.3) is 0 Å². The summed E-state index contributed by atoms with van der Waals surface area (Å²) in [4.78, 5) is 29.0. The predicted molar refractivity (Wildman–Crippen MR) is 87.4 cm³/mol. The zero-order chi connectivity index (χ0) is 16.6. The molecule has 124 valence electrons. The van der Waals surface area contributed by atoms with Gasteiger partial charge in [0, 0.05) is 12.1 Å². The summed E-state index contributed by atoms with van der Waals surface area (Å²) in [6.45, 7) is 5.39. The first kappa shape index (κ1) is 16.0. The Hall–Kier alpha value is -1.91. The molecule has 3 rings (SSSR count). The van der Waals surface area contributed by atoms with Crippen LogP contribution in [0.4, 0.5) is 10.6 Å². The minimum Gasteiger partial charge on any atom is -0.444 e. The first-order valence-corrected chi connectivity index (χ1v) is 8.33. The summed E-state index contributed by atoms with van der Waals surface area (Å²) in [7, 11) is 0. The Morgan fingerprint density at radius 2 is 2.04 bits per heavy atom. The molecule has 2 aliphatic rings. The largest absolute Gasteiger partial charge is 0.444 e. The normalized spacial score (nSPS) is 26.1. The van der Waals surface area contributed by atoms with E-state index in [0.29, 0.717) is 23.2 Å². The highest BCUT2D eigenvalue weighted by atomic mass is 16.6. The average molecular weight is 316 g/mol. The van der Waals surface area contributed by atoms with Gasteiger partial charge in [-0.2, -0.15) is 0 Å². The van der Waals surface area contributed by atoms with Crippen molar-refractivity contribution in [2.75, 3.05) is 5.32 Å². The number of rotatable bonds is 3. The minimum absolute atomic E-state index is 0.0807. The first-order valence-electron chi connectivity index (χ1n) is 8.33. The summed E-state index contributed by atoms with van der Waals surface area (Å²) in [5, 5.41) is 2.62. The molecule has 0 saturated heterocycles. The highest BCUT2D eigenvalue weighted by Gasteiger charge is 2.43. The number of Topliss-reactive ketones (excluding diaryl/α,β-unsaturated/α-hetero) is 1. The summed E-state index contributed by atoms with van der Waals surface area (Å²) in [6.07, 6.45) is 5.54. The van der Waals surface area contributed by atoms with Crippen molar-refractivity contribution < 1.29 is 14.3 Å². The van der Waals surface area contributed by atoms with Crippen LogP contribution in [-0.2, 0) is 4.74 Å². The zero-order valence-corrected chi connectivity index (χ0v) is 14.0. The minimum atomic E-state index is -0.590. The fourth-order valence-corrected chi connectivity index (χ4v) is 3.87. The van der Waals surface area contributed by atoms with E-state index in [9.17, 15) is 9.59 Å². The predicted octanol–water partition coefficient (Wildman–Crippen LogP) is 4.05. The number of nitrogens with one attached hydrogen (secondary N) is 1. The van der Waals surface area contributed by atoms with Gasteiger partial charge in [-0.1, -0.05) is 6.42 Å². The number of aromatic nitrogens is 1. The number of carbonyl (C=O) groups excluding carboxylic acids is 2. The maximum absolute atomic E-state index is 12.9. The molecule has 1 aromatic heterocycles. The van der Waals surface area contributed by atoms with E-state index in [1.807, 2.05) is 0 Å². The lowest BCUT2D eigenvalue weighted by atomic mass is 9.83. The van der Waals surface area contributed by atoms with Crippen LogP contribution in [-0.4, -0.2) is 22.5 Å². The molecule has 2 bridgehead atoms. The maximum atomic E-state index is 12.9. The lowest BCUT2D eigenvalue weighted by Gasteiger charge is -2.22. The zero-order valence-electron chi connectivity index (χ0n) is 14.0. The van der Waals surface area contributed by atoms with Crippen LogP contribution in [0, 0.1) is 17.8 Å². The second kappa shape index (κ2) is 5.95. The highest BCUT2D eigenvalue weighted by Crippen LogP contribution is 2.49. The number of ether oxygens (including phenoxy) is 1. The molecule has 1 heterocycles. The fraction of sp³-hybridized carbons (Fsp3) is 0.611. The quantitative estimate of drug-likeness (QED) is 0.854. The topological polar surface area (TPSA) is 68.3 Å². The van der Waals surface area contributed by atoms with Crippen LogP contribution in [0.5, 0.6) is 0 Å². The summed E-state index contributed by atoms with van der Waals surface area (Å²) >= 11 is 0. The van der Waals surface area contributed by atoms with Crippen molar-refractivity contribution in [2.45, 2.75) is 52.1 Å². The number of amides is 1. The van der Waals surface area contributed by atoms with Gasteiger partial charge >= 0.3 is 6.09 Å². The first-order chi connectivity index (χ1) is 10.8. The van der Waals surface area contributed by atoms with Gasteiger partial charge in [0.2, 0.25) is 0 Å². The third kappa shape index (κ3) is 3.54. The van der Waals surface area contributed by atoms with Crippen molar-refractivity contribution in [3.63, 3.8) is 0 Å². The molecule has 2 aliphatic carbocycles. The Morgan fingerprint density at radius 1 is 1.26 bits per heavy atom. The Kier molecular flexibility index (Phi) is 4.13. The molecule has 3 atom stereocenters.